The fraction of sp³-hybridized carbons (Fsp3) is 0.533. The van der Waals surface area contributed by atoms with Gasteiger partial charge in [-0.3, -0.25) is 5.10 Å². The molecule has 0 saturated heterocycles. The Labute approximate surface area is 113 Å². The van der Waals surface area contributed by atoms with Crippen molar-refractivity contribution in [3.63, 3.8) is 0 Å². The molecule has 4 nitrogen and oxygen atoms in total. The lowest BCUT2D eigenvalue weighted by Gasteiger charge is -2.35. The van der Waals surface area contributed by atoms with Crippen LogP contribution in [0.1, 0.15) is 33.1 Å². The number of nitrogen functional groups attached to an aromatic ring is 1. The van der Waals surface area contributed by atoms with E-state index >= 15 is 0 Å². The summed E-state index contributed by atoms with van der Waals surface area (Å²) >= 11 is 0. The maximum atomic E-state index is 6.14. The summed E-state index contributed by atoms with van der Waals surface area (Å²) in [7, 11) is 0. The van der Waals surface area contributed by atoms with Crippen LogP contribution in [0.2, 0.25) is 0 Å². The molecule has 2 aromatic rings. The van der Waals surface area contributed by atoms with Crippen molar-refractivity contribution in [2.75, 3.05) is 11.1 Å². The van der Waals surface area contributed by atoms with E-state index in [2.05, 4.69) is 35.4 Å². The molecule has 4 N–H and O–H groups in total. The van der Waals surface area contributed by atoms with Gasteiger partial charge < -0.3 is 11.1 Å². The third-order valence-corrected chi connectivity index (χ3v) is 4.66. The number of nitrogens with zero attached hydrogens (tertiary/aromatic N) is 1. The molecule has 3 unspecified atom stereocenters. The van der Waals surface area contributed by atoms with Crippen molar-refractivity contribution in [1.82, 2.24) is 10.2 Å². The van der Waals surface area contributed by atoms with E-state index in [0.29, 0.717) is 12.0 Å². The van der Waals surface area contributed by atoms with Crippen LogP contribution in [0.4, 0.5) is 11.4 Å². The fourth-order valence-corrected chi connectivity index (χ4v) is 3.12. The molecule has 0 spiro atoms. The van der Waals surface area contributed by atoms with Gasteiger partial charge in [0.15, 0.2) is 0 Å². The Kier molecular flexibility index (Phi) is 3.09. The minimum atomic E-state index is 0.520. The van der Waals surface area contributed by atoms with Crippen LogP contribution in [0.15, 0.2) is 18.3 Å². The molecular weight excluding hydrogens is 236 g/mol. The van der Waals surface area contributed by atoms with Crippen LogP contribution >= 0.6 is 0 Å². The van der Waals surface area contributed by atoms with Crippen molar-refractivity contribution in [3.05, 3.63) is 18.3 Å². The van der Waals surface area contributed by atoms with Crippen molar-refractivity contribution in [2.24, 2.45) is 11.8 Å². The minimum Gasteiger partial charge on any atom is -0.397 e. The maximum Gasteiger partial charge on any atom is 0.0672 e. The normalized spacial score (nSPS) is 27.6. The Bertz CT molecular complexity index is 575. The SMILES string of the molecule is CC1CCCC(Nc2cc3[nH]ncc3cc2N)C1C. The average Bonchev–Trinajstić information content (AvgIpc) is 2.82. The van der Waals surface area contributed by atoms with Gasteiger partial charge in [0, 0.05) is 11.4 Å². The lowest BCUT2D eigenvalue weighted by molar-refractivity contribution is 0.253. The lowest BCUT2D eigenvalue weighted by Crippen LogP contribution is -2.35. The summed E-state index contributed by atoms with van der Waals surface area (Å²) in [5.41, 5.74) is 9.01. The first kappa shape index (κ1) is 12.3. The number of aromatic nitrogens is 2. The van der Waals surface area contributed by atoms with E-state index in [-0.39, 0.29) is 0 Å². The van der Waals surface area contributed by atoms with E-state index in [1.165, 1.54) is 19.3 Å². The summed E-state index contributed by atoms with van der Waals surface area (Å²) < 4.78 is 0. The first-order valence-electron chi connectivity index (χ1n) is 7.14. The van der Waals surface area contributed by atoms with Gasteiger partial charge in [-0.05, 0) is 30.4 Å². The maximum absolute atomic E-state index is 6.14. The van der Waals surface area contributed by atoms with Crippen molar-refractivity contribution in [1.29, 1.82) is 0 Å². The molecule has 1 aliphatic carbocycles. The van der Waals surface area contributed by atoms with Crippen LogP contribution in [0.25, 0.3) is 10.9 Å². The molecule has 3 rings (SSSR count). The zero-order valence-corrected chi connectivity index (χ0v) is 11.6. The Morgan fingerprint density at radius 1 is 1.32 bits per heavy atom. The highest BCUT2D eigenvalue weighted by Crippen LogP contribution is 2.33. The predicted molar refractivity (Wildman–Crippen MR) is 80.1 cm³/mol. The first-order valence-corrected chi connectivity index (χ1v) is 7.14. The number of benzene rings is 1. The van der Waals surface area contributed by atoms with Crippen molar-refractivity contribution in [2.45, 2.75) is 39.2 Å². The van der Waals surface area contributed by atoms with E-state index in [9.17, 15) is 0 Å². The molecule has 1 aromatic heterocycles. The highest BCUT2D eigenvalue weighted by molar-refractivity contribution is 5.88. The topological polar surface area (TPSA) is 66.7 Å². The largest absolute Gasteiger partial charge is 0.397 e. The fourth-order valence-electron chi connectivity index (χ4n) is 3.12. The van der Waals surface area contributed by atoms with Gasteiger partial charge in [0.2, 0.25) is 0 Å². The number of nitrogens with two attached hydrogens (primary N) is 1. The Hall–Kier alpha value is -1.71. The second-order valence-electron chi connectivity index (χ2n) is 5.91. The smallest absolute Gasteiger partial charge is 0.0672 e. The second kappa shape index (κ2) is 4.76. The molecule has 0 amide bonds. The molecule has 0 bridgehead atoms. The number of fused-ring (bicyclic) bond motifs is 1. The number of aromatic amines is 1. The number of rotatable bonds is 2. The average molecular weight is 258 g/mol. The van der Waals surface area contributed by atoms with E-state index in [1.807, 2.05) is 6.07 Å². The van der Waals surface area contributed by atoms with Crippen LogP contribution < -0.4 is 11.1 Å². The number of H-pyrrole nitrogens is 1. The number of hydrogen-bond acceptors (Lipinski definition) is 3. The molecule has 19 heavy (non-hydrogen) atoms. The summed E-state index contributed by atoms with van der Waals surface area (Å²) in [5, 5.41) is 11.7. The van der Waals surface area contributed by atoms with E-state index in [0.717, 1.165) is 28.2 Å². The van der Waals surface area contributed by atoms with Gasteiger partial charge in [-0.25, -0.2) is 0 Å². The molecule has 3 atom stereocenters. The van der Waals surface area contributed by atoms with Crippen molar-refractivity contribution >= 4 is 22.3 Å². The molecule has 1 fully saturated rings. The van der Waals surface area contributed by atoms with Gasteiger partial charge in [0.25, 0.3) is 0 Å². The second-order valence-corrected chi connectivity index (χ2v) is 5.91. The zero-order valence-electron chi connectivity index (χ0n) is 11.6. The van der Waals surface area contributed by atoms with Gasteiger partial charge in [-0.15, -0.1) is 0 Å². The van der Waals surface area contributed by atoms with Gasteiger partial charge in [0.05, 0.1) is 23.1 Å². The molecule has 1 aliphatic rings. The molecule has 4 heteroatoms. The molecule has 0 radical (unpaired) electrons. The van der Waals surface area contributed by atoms with Crippen LogP contribution in [-0.4, -0.2) is 16.2 Å². The summed E-state index contributed by atoms with van der Waals surface area (Å²) in [6.45, 7) is 4.69. The molecular formula is C15H22N4. The number of nitrogens with one attached hydrogen (secondary N) is 2. The lowest BCUT2D eigenvalue weighted by atomic mass is 9.78. The Morgan fingerprint density at radius 2 is 2.16 bits per heavy atom. The van der Waals surface area contributed by atoms with Crippen LogP contribution in [0.3, 0.4) is 0 Å². The number of hydrogen-bond donors (Lipinski definition) is 3. The highest BCUT2D eigenvalue weighted by atomic mass is 15.1. The van der Waals surface area contributed by atoms with E-state index in [4.69, 9.17) is 5.73 Å². The van der Waals surface area contributed by atoms with E-state index < -0.39 is 0 Å². The summed E-state index contributed by atoms with van der Waals surface area (Å²) in [6, 6.07) is 4.58. The molecule has 1 saturated carbocycles. The quantitative estimate of drug-likeness (QED) is 0.723. The molecule has 1 aromatic carbocycles. The van der Waals surface area contributed by atoms with E-state index in [1.54, 1.807) is 6.20 Å². The third-order valence-electron chi connectivity index (χ3n) is 4.66. The van der Waals surface area contributed by atoms with Crippen molar-refractivity contribution in [3.8, 4) is 0 Å². The molecule has 102 valence electrons. The summed E-state index contributed by atoms with van der Waals surface area (Å²) in [6.07, 6.45) is 5.68. The minimum absolute atomic E-state index is 0.520. The van der Waals surface area contributed by atoms with Crippen LogP contribution in [-0.2, 0) is 0 Å². The Balaban J connectivity index is 1.85. The van der Waals surface area contributed by atoms with Gasteiger partial charge in [-0.1, -0.05) is 26.7 Å². The monoisotopic (exact) mass is 258 g/mol. The van der Waals surface area contributed by atoms with Crippen LogP contribution in [0.5, 0.6) is 0 Å². The van der Waals surface area contributed by atoms with Crippen molar-refractivity contribution < 1.29 is 0 Å². The Morgan fingerprint density at radius 3 is 3.00 bits per heavy atom. The summed E-state index contributed by atoms with van der Waals surface area (Å²) in [4.78, 5) is 0. The van der Waals surface area contributed by atoms with Gasteiger partial charge in [-0.2, -0.15) is 5.10 Å². The standard InChI is InChI=1S/C15H22N4/c1-9-4-3-5-13(10(9)2)18-15-7-14-11(6-12(15)16)8-17-19-14/h6-10,13,18H,3-5,16H2,1-2H3,(H,17,19). The van der Waals surface area contributed by atoms with Gasteiger partial charge >= 0.3 is 0 Å². The number of anilines is 2. The third kappa shape index (κ3) is 2.27. The first-order chi connectivity index (χ1) is 9.15. The molecule has 0 aliphatic heterocycles. The predicted octanol–water partition coefficient (Wildman–Crippen LogP) is 3.38. The summed E-state index contributed by atoms with van der Waals surface area (Å²) in [5.74, 6) is 1.47. The zero-order chi connectivity index (χ0) is 13.4. The highest BCUT2D eigenvalue weighted by Gasteiger charge is 2.27. The molecule has 1 heterocycles. The van der Waals surface area contributed by atoms with Crippen LogP contribution in [0, 0.1) is 11.8 Å². The van der Waals surface area contributed by atoms with Gasteiger partial charge in [0.1, 0.15) is 0 Å².